The van der Waals surface area contributed by atoms with E-state index in [1.807, 2.05) is 0 Å². The van der Waals surface area contributed by atoms with E-state index in [9.17, 15) is 18.8 Å². The SMILES string of the molecule is Cc1cc(C(=O)COC(=O)c2n[nH]c(=O)c3ccccc23)c(C)n1-c1ccccc1F. The summed E-state index contributed by atoms with van der Waals surface area (Å²) in [5, 5.41) is 6.66. The molecule has 0 atom stereocenters. The van der Waals surface area contributed by atoms with Crippen LogP contribution in [-0.2, 0) is 4.74 Å². The maximum absolute atomic E-state index is 14.2. The summed E-state index contributed by atoms with van der Waals surface area (Å²) >= 11 is 0. The van der Waals surface area contributed by atoms with E-state index in [-0.39, 0.29) is 5.69 Å². The van der Waals surface area contributed by atoms with E-state index in [4.69, 9.17) is 4.74 Å². The number of nitrogens with one attached hydrogen (secondary N) is 1. The quantitative estimate of drug-likeness (QED) is 0.395. The number of aromatic amines is 1. The van der Waals surface area contributed by atoms with E-state index >= 15 is 0 Å². The lowest BCUT2D eigenvalue weighted by Crippen LogP contribution is -2.19. The number of halogens is 1. The number of ketones is 1. The molecule has 4 rings (SSSR count). The Balaban J connectivity index is 1.57. The Kier molecular flexibility index (Phi) is 5.21. The van der Waals surface area contributed by atoms with Crippen molar-refractivity contribution in [2.45, 2.75) is 13.8 Å². The van der Waals surface area contributed by atoms with Crippen LogP contribution in [0.2, 0.25) is 0 Å². The fourth-order valence-electron chi connectivity index (χ4n) is 3.60. The number of esters is 1. The lowest BCUT2D eigenvalue weighted by molar-refractivity contribution is 0.0469. The number of H-pyrrole nitrogens is 1. The standard InChI is InChI=1S/C23H18FN3O4/c1-13-11-17(14(2)27(13)19-10-6-5-9-18(19)24)20(28)12-31-23(30)21-15-7-3-4-8-16(15)22(29)26-25-21/h3-11H,12H2,1-2H3,(H,26,29). The van der Waals surface area contributed by atoms with Gasteiger partial charge in [-0.1, -0.05) is 30.3 Å². The smallest absolute Gasteiger partial charge is 0.359 e. The number of fused-ring (bicyclic) bond motifs is 1. The Hall–Kier alpha value is -4.07. The van der Waals surface area contributed by atoms with Gasteiger partial charge in [-0.15, -0.1) is 0 Å². The summed E-state index contributed by atoms with van der Waals surface area (Å²) in [5.41, 5.74) is 1.36. The van der Waals surface area contributed by atoms with Gasteiger partial charge < -0.3 is 9.30 Å². The second-order valence-electron chi connectivity index (χ2n) is 7.02. The van der Waals surface area contributed by atoms with E-state index < -0.39 is 29.7 Å². The van der Waals surface area contributed by atoms with E-state index in [0.717, 1.165) is 0 Å². The molecule has 4 aromatic rings. The van der Waals surface area contributed by atoms with E-state index in [2.05, 4.69) is 10.2 Å². The maximum Gasteiger partial charge on any atom is 0.359 e. The Morgan fingerprint density at radius 2 is 1.74 bits per heavy atom. The van der Waals surface area contributed by atoms with Crippen molar-refractivity contribution in [3.05, 3.63) is 93.4 Å². The Bertz CT molecular complexity index is 1390. The van der Waals surface area contributed by atoms with Crippen molar-refractivity contribution in [1.29, 1.82) is 0 Å². The molecule has 0 fully saturated rings. The highest BCUT2D eigenvalue weighted by Gasteiger charge is 2.21. The number of rotatable bonds is 5. The molecule has 2 aromatic heterocycles. The van der Waals surface area contributed by atoms with Gasteiger partial charge >= 0.3 is 5.97 Å². The monoisotopic (exact) mass is 419 g/mol. The number of hydrogen-bond donors (Lipinski definition) is 1. The average molecular weight is 419 g/mol. The molecular weight excluding hydrogens is 401 g/mol. The summed E-state index contributed by atoms with van der Waals surface area (Å²) in [4.78, 5) is 37.1. The minimum absolute atomic E-state index is 0.0835. The third-order valence-electron chi connectivity index (χ3n) is 5.05. The van der Waals surface area contributed by atoms with Crippen LogP contribution in [0.4, 0.5) is 4.39 Å². The van der Waals surface area contributed by atoms with Crippen molar-refractivity contribution in [3.63, 3.8) is 0 Å². The average Bonchev–Trinajstić information content (AvgIpc) is 3.06. The maximum atomic E-state index is 14.2. The zero-order valence-corrected chi connectivity index (χ0v) is 16.8. The predicted octanol–water partition coefficient (Wildman–Crippen LogP) is 3.51. The van der Waals surface area contributed by atoms with Crippen molar-refractivity contribution in [1.82, 2.24) is 14.8 Å². The highest BCUT2D eigenvalue weighted by molar-refractivity contribution is 6.04. The molecule has 0 spiro atoms. The van der Waals surface area contributed by atoms with Gasteiger partial charge in [0.15, 0.2) is 12.3 Å². The Labute approximate surface area is 176 Å². The lowest BCUT2D eigenvalue weighted by Gasteiger charge is -2.11. The molecule has 1 N–H and O–H groups in total. The molecule has 8 heteroatoms. The molecule has 0 bridgehead atoms. The highest BCUT2D eigenvalue weighted by atomic mass is 19.1. The van der Waals surface area contributed by atoms with Crippen LogP contribution < -0.4 is 5.56 Å². The van der Waals surface area contributed by atoms with Crippen LogP contribution in [0.5, 0.6) is 0 Å². The Morgan fingerprint density at radius 3 is 2.48 bits per heavy atom. The fourth-order valence-corrected chi connectivity index (χ4v) is 3.60. The number of para-hydroxylation sites is 1. The van der Waals surface area contributed by atoms with Gasteiger partial charge in [0.05, 0.1) is 11.1 Å². The zero-order chi connectivity index (χ0) is 22.1. The van der Waals surface area contributed by atoms with Crippen molar-refractivity contribution in [3.8, 4) is 5.69 Å². The van der Waals surface area contributed by atoms with Gasteiger partial charge in [-0.25, -0.2) is 14.3 Å². The molecule has 0 amide bonds. The van der Waals surface area contributed by atoms with Crippen molar-refractivity contribution in [2.24, 2.45) is 0 Å². The molecular formula is C23H18FN3O4. The molecule has 0 saturated heterocycles. The summed E-state index contributed by atoms with van der Waals surface area (Å²) in [6.45, 7) is 2.94. The number of hydrogen-bond acceptors (Lipinski definition) is 5. The van der Waals surface area contributed by atoms with Gasteiger partial charge in [0.2, 0.25) is 5.78 Å². The largest absolute Gasteiger partial charge is 0.452 e. The summed E-state index contributed by atoms with van der Waals surface area (Å²) in [7, 11) is 0. The van der Waals surface area contributed by atoms with Gasteiger partial charge in [-0.05, 0) is 38.1 Å². The van der Waals surface area contributed by atoms with Crippen LogP contribution in [0.15, 0.2) is 59.4 Å². The minimum atomic E-state index is -0.830. The summed E-state index contributed by atoms with van der Waals surface area (Å²) in [6, 6.07) is 14.4. The van der Waals surface area contributed by atoms with E-state index in [0.29, 0.717) is 33.4 Å². The summed E-state index contributed by atoms with van der Waals surface area (Å²) in [6.07, 6.45) is 0. The topological polar surface area (TPSA) is 94.1 Å². The third-order valence-corrected chi connectivity index (χ3v) is 5.05. The third kappa shape index (κ3) is 3.63. The highest BCUT2D eigenvalue weighted by Crippen LogP contribution is 2.23. The number of carbonyl (C=O) groups is 2. The second kappa shape index (κ2) is 7.98. The van der Waals surface area contributed by atoms with Gasteiger partial charge in [0.1, 0.15) is 5.82 Å². The number of carbonyl (C=O) groups excluding carboxylic acids is 2. The van der Waals surface area contributed by atoms with Gasteiger partial charge in [0.25, 0.3) is 5.56 Å². The molecule has 7 nitrogen and oxygen atoms in total. The molecule has 156 valence electrons. The van der Waals surface area contributed by atoms with Gasteiger partial charge in [-0.3, -0.25) is 9.59 Å². The minimum Gasteiger partial charge on any atom is -0.452 e. The molecule has 0 aliphatic heterocycles. The summed E-state index contributed by atoms with van der Waals surface area (Å²) in [5.74, 6) is -1.67. The molecule has 0 aliphatic carbocycles. The number of ether oxygens (including phenoxy) is 1. The van der Waals surface area contributed by atoms with Crippen molar-refractivity contribution < 1.29 is 18.7 Å². The molecule has 0 saturated carbocycles. The predicted molar refractivity (Wildman–Crippen MR) is 112 cm³/mol. The van der Waals surface area contributed by atoms with E-state index in [1.165, 1.54) is 6.07 Å². The second-order valence-corrected chi connectivity index (χ2v) is 7.02. The molecule has 0 radical (unpaired) electrons. The Morgan fingerprint density at radius 1 is 1.06 bits per heavy atom. The first-order valence-electron chi connectivity index (χ1n) is 9.50. The van der Waals surface area contributed by atoms with Crippen LogP contribution in [-0.4, -0.2) is 33.1 Å². The molecule has 31 heavy (non-hydrogen) atoms. The summed E-state index contributed by atoms with van der Waals surface area (Å²) < 4.78 is 21.0. The molecule has 2 heterocycles. The van der Waals surface area contributed by atoms with Crippen LogP contribution in [0.1, 0.15) is 32.2 Å². The van der Waals surface area contributed by atoms with E-state index in [1.54, 1.807) is 66.9 Å². The van der Waals surface area contributed by atoms with Crippen molar-refractivity contribution >= 4 is 22.5 Å². The molecule has 0 unspecified atom stereocenters. The first-order valence-corrected chi connectivity index (χ1v) is 9.50. The van der Waals surface area contributed by atoms with Gasteiger partial charge in [-0.2, -0.15) is 5.10 Å². The normalized spacial score (nSPS) is 10.9. The van der Waals surface area contributed by atoms with Crippen LogP contribution >= 0.6 is 0 Å². The first-order chi connectivity index (χ1) is 14.9. The van der Waals surface area contributed by atoms with Crippen LogP contribution in [0, 0.1) is 19.7 Å². The molecule has 2 aromatic carbocycles. The lowest BCUT2D eigenvalue weighted by atomic mass is 10.1. The number of benzene rings is 2. The van der Waals surface area contributed by atoms with Crippen LogP contribution in [0.3, 0.4) is 0 Å². The van der Waals surface area contributed by atoms with Crippen LogP contribution in [0.25, 0.3) is 16.5 Å². The number of Topliss-reactive ketones (excluding diaryl/α,β-unsaturated/α-hetero) is 1. The van der Waals surface area contributed by atoms with Gasteiger partial charge in [0, 0.05) is 22.3 Å². The number of aryl methyl sites for hydroxylation is 1. The zero-order valence-electron chi connectivity index (χ0n) is 16.8. The van der Waals surface area contributed by atoms with Crippen molar-refractivity contribution in [2.75, 3.05) is 6.61 Å². The molecule has 0 aliphatic rings. The number of aromatic nitrogens is 3. The first kappa shape index (κ1) is 20.2. The fraction of sp³-hybridized carbons (Fsp3) is 0.130. The number of nitrogens with zero attached hydrogens (tertiary/aromatic N) is 2.